The first-order valence-corrected chi connectivity index (χ1v) is 8.28. The molecule has 6 nitrogen and oxygen atoms in total. The molecule has 1 atom stereocenters. The van der Waals surface area contributed by atoms with E-state index in [9.17, 15) is 9.59 Å². The Kier molecular flexibility index (Phi) is 4.78. The second-order valence-corrected chi connectivity index (χ2v) is 6.46. The maximum Gasteiger partial charge on any atom is 0.254 e. The first-order valence-electron chi connectivity index (χ1n) is 7.52. The van der Waals surface area contributed by atoms with E-state index in [4.69, 9.17) is 23.2 Å². The zero-order valence-corrected chi connectivity index (χ0v) is 14.5. The molecule has 3 rings (SSSR count). The number of carbonyl (C=O) groups excluding carboxylic acids is 2. The summed E-state index contributed by atoms with van der Waals surface area (Å²) in [5, 5.41) is 7.57. The Labute approximate surface area is 149 Å². The van der Waals surface area contributed by atoms with Crippen molar-refractivity contribution < 1.29 is 9.59 Å². The number of benzene rings is 1. The Morgan fingerprint density at radius 1 is 1.25 bits per heavy atom. The fourth-order valence-corrected chi connectivity index (χ4v) is 3.07. The molecule has 0 unspecified atom stereocenters. The summed E-state index contributed by atoms with van der Waals surface area (Å²) in [5.41, 5.74) is 0.418. The minimum atomic E-state index is -0.519. The number of likely N-dealkylation sites (tertiary alicyclic amines) is 1. The molecule has 2 amide bonds. The van der Waals surface area contributed by atoms with Crippen LogP contribution in [0.3, 0.4) is 0 Å². The number of anilines is 1. The molecule has 0 radical (unpaired) electrons. The molecule has 0 saturated carbocycles. The van der Waals surface area contributed by atoms with Crippen molar-refractivity contribution in [3.8, 4) is 0 Å². The number of nitrogens with one attached hydrogen (secondary N) is 1. The molecule has 0 spiro atoms. The third-order valence-electron chi connectivity index (χ3n) is 3.95. The van der Waals surface area contributed by atoms with Crippen LogP contribution >= 0.6 is 23.2 Å². The predicted octanol–water partition coefficient (Wildman–Crippen LogP) is 2.97. The van der Waals surface area contributed by atoms with E-state index in [2.05, 4.69) is 10.4 Å². The van der Waals surface area contributed by atoms with E-state index in [0.717, 1.165) is 6.42 Å². The van der Waals surface area contributed by atoms with Gasteiger partial charge in [-0.05, 0) is 31.0 Å². The zero-order valence-electron chi connectivity index (χ0n) is 13.0. The monoisotopic (exact) mass is 366 g/mol. The summed E-state index contributed by atoms with van der Waals surface area (Å²) >= 11 is 11.9. The maximum absolute atomic E-state index is 12.7. The number of amides is 2. The summed E-state index contributed by atoms with van der Waals surface area (Å²) in [6, 6.07) is 5.91. The lowest BCUT2D eigenvalue weighted by Gasteiger charge is -2.23. The second-order valence-electron chi connectivity index (χ2n) is 5.65. The number of hydrogen-bond acceptors (Lipinski definition) is 3. The lowest BCUT2D eigenvalue weighted by molar-refractivity contribution is -0.119. The normalized spacial score (nSPS) is 17.1. The van der Waals surface area contributed by atoms with Gasteiger partial charge in [-0.25, -0.2) is 0 Å². The van der Waals surface area contributed by atoms with Gasteiger partial charge in [0, 0.05) is 31.4 Å². The highest BCUT2D eigenvalue weighted by atomic mass is 35.5. The molecule has 1 aromatic carbocycles. The zero-order chi connectivity index (χ0) is 17.3. The Hall–Kier alpha value is -2.05. The van der Waals surface area contributed by atoms with Gasteiger partial charge in [0.15, 0.2) is 5.82 Å². The van der Waals surface area contributed by atoms with Gasteiger partial charge in [0.2, 0.25) is 5.91 Å². The first kappa shape index (κ1) is 16.8. The Morgan fingerprint density at radius 2 is 2.04 bits per heavy atom. The molecule has 1 saturated heterocycles. The Balaban J connectivity index is 1.75. The van der Waals surface area contributed by atoms with Crippen LogP contribution in [0.2, 0.25) is 10.0 Å². The second kappa shape index (κ2) is 6.83. The van der Waals surface area contributed by atoms with E-state index in [1.165, 1.54) is 6.07 Å². The highest BCUT2D eigenvalue weighted by Gasteiger charge is 2.34. The molecule has 0 aliphatic carbocycles. The van der Waals surface area contributed by atoms with Crippen molar-refractivity contribution in [3.05, 3.63) is 46.1 Å². The van der Waals surface area contributed by atoms with Gasteiger partial charge < -0.3 is 10.2 Å². The average Bonchev–Trinajstić information content (AvgIpc) is 3.18. The van der Waals surface area contributed by atoms with Crippen molar-refractivity contribution in [1.82, 2.24) is 14.7 Å². The van der Waals surface area contributed by atoms with Crippen LogP contribution in [0.15, 0.2) is 30.5 Å². The van der Waals surface area contributed by atoms with Gasteiger partial charge >= 0.3 is 0 Å². The number of halogens is 2. The third-order valence-corrected chi connectivity index (χ3v) is 4.69. The third kappa shape index (κ3) is 3.39. The van der Waals surface area contributed by atoms with E-state index in [1.807, 2.05) is 0 Å². The molecule has 0 bridgehead atoms. The molecule has 24 heavy (non-hydrogen) atoms. The quantitative estimate of drug-likeness (QED) is 0.907. The van der Waals surface area contributed by atoms with Crippen molar-refractivity contribution in [2.45, 2.75) is 18.9 Å². The fourth-order valence-electron chi connectivity index (χ4n) is 2.77. The number of aromatic nitrogens is 2. The minimum Gasteiger partial charge on any atom is -0.327 e. The molecule has 1 fully saturated rings. The number of carbonyl (C=O) groups is 2. The molecule has 8 heteroatoms. The average molecular weight is 367 g/mol. The summed E-state index contributed by atoms with van der Waals surface area (Å²) in [5.74, 6) is 0.00295. The van der Waals surface area contributed by atoms with E-state index < -0.39 is 6.04 Å². The molecule has 1 aromatic heterocycles. The molecular weight excluding hydrogens is 351 g/mol. The van der Waals surface area contributed by atoms with Crippen LogP contribution in [0.4, 0.5) is 5.82 Å². The van der Waals surface area contributed by atoms with E-state index in [-0.39, 0.29) is 11.8 Å². The van der Waals surface area contributed by atoms with Gasteiger partial charge in [0.25, 0.3) is 5.91 Å². The van der Waals surface area contributed by atoms with Crippen LogP contribution in [0.5, 0.6) is 0 Å². The molecule has 2 heterocycles. The number of rotatable bonds is 3. The van der Waals surface area contributed by atoms with Gasteiger partial charge in [-0.15, -0.1) is 0 Å². The van der Waals surface area contributed by atoms with E-state index >= 15 is 0 Å². The fraction of sp³-hybridized carbons (Fsp3) is 0.312. The summed E-state index contributed by atoms with van der Waals surface area (Å²) in [6.45, 7) is 0.527. The standard InChI is InChI=1S/C16H16Cl2N4O2/c1-21-8-6-14(20-21)19-15(23)13-3-2-7-22(13)16(24)10-4-5-11(17)12(18)9-10/h4-6,8-9,13H,2-3,7H2,1H3,(H,19,20,23)/t13-/m0/s1. The van der Waals surface area contributed by atoms with Crippen molar-refractivity contribution in [3.63, 3.8) is 0 Å². The van der Waals surface area contributed by atoms with Crippen molar-refractivity contribution in [1.29, 1.82) is 0 Å². The molecule has 1 aliphatic heterocycles. The lowest BCUT2D eigenvalue weighted by Crippen LogP contribution is -2.43. The molecule has 1 aliphatic rings. The largest absolute Gasteiger partial charge is 0.327 e. The highest BCUT2D eigenvalue weighted by molar-refractivity contribution is 6.42. The summed E-state index contributed by atoms with van der Waals surface area (Å²) in [6.07, 6.45) is 3.13. The van der Waals surface area contributed by atoms with Gasteiger partial charge in [-0.3, -0.25) is 14.3 Å². The maximum atomic E-state index is 12.7. The first-order chi connectivity index (χ1) is 11.5. The van der Waals surface area contributed by atoms with Crippen molar-refractivity contribution in [2.75, 3.05) is 11.9 Å². The predicted molar refractivity (Wildman–Crippen MR) is 92.4 cm³/mol. The summed E-state index contributed by atoms with van der Waals surface area (Å²) in [7, 11) is 1.77. The van der Waals surface area contributed by atoms with Gasteiger partial charge in [0.1, 0.15) is 6.04 Å². The van der Waals surface area contributed by atoms with Gasteiger partial charge in [0.05, 0.1) is 10.0 Å². The molecule has 1 N–H and O–H groups in total. The highest BCUT2D eigenvalue weighted by Crippen LogP contribution is 2.26. The number of aryl methyl sites for hydroxylation is 1. The Morgan fingerprint density at radius 3 is 2.71 bits per heavy atom. The summed E-state index contributed by atoms with van der Waals surface area (Å²) < 4.78 is 1.60. The van der Waals surface area contributed by atoms with Crippen LogP contribution in [0, 0.1) is 0 Å². The van der Waals surface area contributed by atoms with E-state index in [0.29, 0.717) is 34.4 Å². The minimum absolute atomic E-state index is 0.229. The van der Waals surface area contributed by atoms with E-state index in [1.54, 1.807) is 41.0 Å². The van der Waals surface area contributed by atoms with Crippen LogP contribution in [-0.2, 0) is 11.8 Å². The molecule has 2 aromatic rings. The van der Waals surface area contributed by atoms with Crippen LogP contribution < -0.4 is 5.32 Å². The number of hydrogen-bond donors (Lipinski definition) is 1. The summed E-state index contributed by atoms with van der Waals surface area (Å²) in [4.78, 5) is 26.8. The van der Waals surface area contributed by atoms with Crippen LogP contribution in [0.1, 0.15) is 23.2 Å². The van der Waals surface area contributed by atoms with Gasteiger partial charge in [-0.1, -0.05) is 23.2 Å². The van der Waals surface area contributed by atoms with Gasteiger partial charge in [-0.2, -0.15) is 5.10 Å². The lowest BCUT2D eigenvalue weighted by atomic mass is 10.1. The van der Waals surface area contributed by atoms with Crippen LogP contribution in [-0.4, -0.2) is 39.1 Å². The van der Waals surface area contributed by atoms with Crippen LogP contribution in [0.25, 0.3) is 0 Å². The Bertz CT molecular complexity index is 790. The van der Waals surface area contributed by atoms with Crippen molar-refractivity contribution in [2.24, 2.45) is 7.05 Å². The SMILES string of the molecule is Cn1ccc(NC(=O)[C@@H]2CCCN2C(=O)c2ccc(Cl)c(Cl)c2)n1. The topological polar surface area (TPSA) is 67.2 Å². The molecular formula is C16H16Cl2N4O2. The smallest absolute Gasteiger partial charge is 0.254 e. The number of nitrogens with zero attached hydrogens (tertiary/aromatic N) is 3. The van der Waals surface area contributed by atoms with Crippen molar-refractivity contribution >= 4 is 40.8 Å². The molecule has 126 valence electrons.